The van der Waals surface area contributed by atoms with Crippen LogP contribution in [-0.4, -0.2) is 59.8 Å². The number of benzene rings is 1. The molecule has 2 aromatic heterocycles. The Kier molecular flexibility index (Phi) is 4.24. The molecule has 1 aliphatic carbocycles. The minimum atomic E-state index is -1.19. The fourth-order valence-corrected chi connectivity index (χ4v) is 4.13. The maximum Gasteiger partial charge on any atom is 0.167 e. The molecule has 9 nitrogen and oxygen atoms in total. The lowest BCUT2D eigenvalue weighted by atomic mass is 10.1. The Bertz CT molecular complexity index is 1010. The van der Waals surface area contributed by atoms with Crippen molar-refractivity contribution in [1.29, 1.82) is 0 Å². The zero-order chi connectivity index (χ0) is 19.3. The molecule has 3 aromatic rings. The van der Waals surface area contributed by atoms with Gasteiger partial charge in [0.2, 0.25) is 0 Å². The Morgan fingerprint density at radius 1 is 1.14 bits per heavy atom. The molecule has 146 valence electrons. The number of aromatic nitrogens is 4. The van der Waals surface area contributed by atoms with Crippen molar-refractivity contribution in [2.75, 3.05) is 11.9 Å². The minimum absolute atomic E-state index is 0.147. The highest BCUT2D eigenvalue weighted by Crippen LogP contribution is 2.36. The smallest absolute Gasteiger partial charge is 0.167 e. The number of fused-ring (bicyclic) bond motifs is 2. The van der Waals surface area contributed by atoms with Crippen LogP contribution in [0, 0.1) is 0 Å². The Morgan fingerprint density at radius 2 is 2.00 bits per heavy atom. The molecule has 1 saturated heterocycles. The van der Waals surface area contributed by atoms with E-state index in [0.29, 0.717) is 17.0 Å². The van der Waals surface area contributed by atoms with Crippen LogP contribution in [0.25, 0.3) is 11.2 Å². The molecule has 4 N–H and O–H groups in total. The Morgan fingerprint density at radius 3 is 2.82 bits per heavy atom. The lowest BCUT2D eigenvalue weighted by Gasteiger charge is -2.17. The van der Waals surface area contributed by atoms with Gasteiger partial charge in [0.15, 0.2) is 23.2 Å². The molecule has 28 heavy (non-hydrogen) atoms. The van der Waals surface area contributed by atoms with Crippen LogP contribution < -0.4 is 5.32 Å². The second-order valence-corrected chi connectivity index (χ2v) is 7.21. The summed E-state index contributed by atoms with van der Waals surface area (Å²) >= 11 is 0. The van der Waals surface area contributed by atoms with Crippen LogP contribution in [-0.2, 0) is 11.2 Å². The van der Waals surface area contributed by atoms with Gasteiger partial charge in [-0.05, 0) is 24.0 Å². The first-order valence-corrected chi connectivity index (χ1v) is 9.31. The van der Waals surface area contributed by atoms with Gasteiger partial charge >= 0.3 is 0 Å². The summed E-state index contributed by atoms with van der Waals surface area (Å²) in [6, 6.07) is 8.49. The van der Waals surface area contributed by atoms with Crippen LogP contribution in [0.3, 0.4) is 0 Å². The van der Waals surface area contributed by atoms with Crippen molar-refractivity contribution in [3.63, 3.8) is 0 Å². The number of aryl methyl sites for hydroxylation is 1. The number of hydrogen-bond donors (Lipinski definition) is 4. The lowest BCUT2D eigenvalue weighted by Crippen LogP contribution is -2.33. The van der Waals surface area contributed by atoms with Crippen LogP contribution >= 0.6 is 0 Å². The fraction of sp³-hybridized carbons (Fsp3) is 0.421. The molecule has 0 radical (unpaired) electrons. The maximum absolute atomic E-state index is 10.3. The average Bonchev–Trinajstić information content (AvgIpc) is 3.40. The summed E-state index contributed by atoms with van der Waals surface area (Å²) < 4.78 is 7.16. The van der Waals surface area contributed by atoms with Crippen molar-refractivity contribution >= 4 is 17.0 Å². The zero-order valence-electron chi connectivity index (χ0n) is 15.0. The van der Waals surface area contributed by atoms with Crippen molar-refractivity contribution in [3.8, 4) is 0 Å². The Hall–Kier alpha value is -2.59. The monoisotopic (exact) mass is 383 g/mol. The van der Waals surface area contributed by atoms with Gasteiger partial charge in [-0.3, -0.25) is 4.57 Å². The van der Waals surface area contributed by atoms with Crippen LogP contribution in [0.4, 0.5) is 5.82 Å². The molecule has 1 aromatic carbocycles. The topological polar surface area (TPSA) is 126 Å². The second-order valence-electron chi connectivity index (χ2n) is 7.21. The van der Waals surface area contributed by atoms with E-state index in [2.05, 4.69) is 32.4 Å². The van der Waals surface area contributed by atoms with Gasteiger partial charge in [-0.15, -0.1) is 0 Å². The largest absolute Gasteiger partial charge is 0.394 e. The normalized spacial score (nSPS) is 29.3. The van der Waals surface area contributed by atoms with Crippen molar-refractivity contribution in [2.45, 2.75) is 43.4 Å². The van der Waals surface area contributed by atoms with Gasteiger partial charge < -0.3 is 25.4 Å². The Labute approximate surface area is 160 Å². The Balaban J connectivity index is 1.47. The minimum Gasteiger partial charge on any atom is -0.394 e. The van der Waals surface area contributed by atoms with Crippen LogP contribution in [0.2, 0.25) is 0 Å². The molecule has 5 rings (SSSR count). The first-order valence-electron chi connectivity index (χ1n) is 9.31. The number of ether oxygens (including phenoxy) is 1. The van der Waals surface area contributed by atoms with Gasteiger partial charge in [-0.2, -0.15) is 0 Å². The van der Waals surface area contributed by atoms with E-state index < -0.39 is 24.5 Å². The molecule has 1 aliphatic heterocycles. The molecule has 0 bridgehead atoms. The summed E-state index contributed by atoms with van der Waals surface area (Å²) in [7, 11) is 0. The molecular formula is C19H21N5O4. The van der Waals surface area contributed by atoms with Crippen LogP contribution in [0.15, 0.2) is 36.9 Å². The molecule has 5 atom stereocenters. The standard InChI is InChI=1S/C19H21N5O4/c25-7-13-15(26)16(27)19(28-13)24-9-22-14-17(20-8-21-18(14)24)23-12-6-5-10-3-1-2-4-11(10)12/h1-4,8-9,12-13,15-16,19,25-27H,5-7H2,(H,20,21,23)/t12?,13-,15-,16-,19-/m0/s1. The SMILES string of the molecule is OC[C@@H]1O[C@H](n2cnc3c(NC4CCc5ccccc54)ncnc32)[C@@H](O)[C@H]1O. The van der Waals surface area contributed by atoms with Gasteiger partial charge in [0.05, 0.1) is 19.0 Å². The van der Waals surface area contributed by atoms with Gasteiger partial charge in [-0.1, -0.05) is 24.3 Å². The molecule has 1 unspecified atom stereocenters. The highest BCUT2D eigenvalue weighted by Gasteiger charge is 2.44. The number of aliphatic hydroxyl groups excluding tert-OH is 3. The predicted molar refractivity (Wildman–Crippen MR) is 99.5 cm³/mol. The molecular weight excluding hydrogens is 362 g/mol. The fourth-order valence-electron chi connectivity index (χ4n) is 4.13. The number of hydrogen-bond acceptors (Lipinski definition) is 8. The summed E-state index contributed by atoms with van der Waals surface area (Å²) in [6.45, 7) is -0.385. The number of nitrogens with zero attached hydrogens (tertiary/aromatic N) is 4. The van der Waals surface area contributed by atoms with Crippen LogP contribution in [0.1, 0.15) is 29.8 Å². The van der Waals surface area contributed by atoms with Gasteiger partial charge in [0.25, 0.3) is 0 Å². The van der Waals surface area contributed by atoms with Gasteiger partial charge in [0, 0.05) is 0 Å². The third-order valence-electron chi connectivity index (χ3n) is 5.59. The summed E-state index contributed by atoms with van der Waals surface area (Å²) in [6.07, 6.45) is 0.821. The highest BCUT2D eigenvalue weighted by atomic mass is 16.6. The quantitative estimate of drug-likeness (QED) is 0.514. The number of anilines is 1. The van der Waals surface area contributed by atoms with Crippen molar-refractivity contribution < 1.29 is 20.1 Å². The molecule has 9 heteroatoms. The zero-order valence-corrected chi connectivity index (χ0v) is 15.0. The van der Waals surface area contributed by atoms with E-state index in [1.165, 1.54) is 23.8 Å². The molecule has 0 spiro atoms. The van der Waals surface area contributed by atoms with Crippen molar-refractivity contribution in [3.05, 3.63) is 48.0 Å². The van der Waals surface area contributed by atoms with E-state index in [-0.39, 0.29) is 12.6 Å². The predicted octanol–water partition coefficient (Wildman–Crippen LogP) is 0.537. The van der Waals surface area contributed by atoms with Crippen molar-refractivity contribution in [1.82, 2.24) is 19.5 Å². The average molecular weight is 383 g/mol. The van der Waals surface area contributed by atoms with E-state index in [0.717, 1.165) is 12.8 Å². The lowest BCUT2D eigenvalue weighted by molar-refractivity contribution is -0.0511. The van der Waals surface area contributed by atoms with Gasteiger partial charge in [-0.25, -0.2) is 15.0 Å². The maximum atomic E-state index is 10.3. The molecule has 1 fully saturated rings. The molecule has 2 aliphatic rings. The summed E-state index contributed by atoms with van der Waals surface area (Å²) in [4.78, 5) is 13.1. The first kappa shape index (κ1) is 17.5. The number of rotatable bonds is 4. The first-order chi connectivity index (χ1) is 13.7. The number of imidazole rings is 1. The highest BCUT2D eigenvalue weighted by molar-refractivity contribution is 5.83. The molecule has 0 amide bonds. The summed E-state index contributed by atoms with van der Waals surface area (Å²) in [5.41, 5.74) is 3.64. The number of aliphatic hydroxyl groups is 3. The molecule has 3 heterocycles. The van der Waals surface area contributed by atoms with E-state index in [1.54, 1.807) is 4.57 Å². The van der Waals surface area contributed by atoms with Gasteiger partial charge in [0.1, 0.15) is 24.6 Å². The second kappa shape index (κ2) is 6.78. The third-order valence-corrected chi connectivity index (χ3v) is 5.59. The van der Waals surface area contributed by atoms with Crippen LogP contribution in [0.5, 0.6) is 0 Å². The van der Waals surface area contributed by atoms with E-state index in [9.17, 15) is 15.3 Å². The summed E-state index contributed by atoms with van der Waals surface area (Å²) in [5, 5.41) is 33.1. The number of nitrogens with one attached hydrogen (secondary N) is 1. The molecule has 0 saturated carbocycles. The summed E-state index contributed by atoms with van der Waals surface area (Å²) in [5.74, 6) is 0.609. The van der Waals surface area contributed by atoms with E-state index in [4.69, 9.17) is 4.74 Å². The van der Waals surface area contributed by atoms with Crippen molar-refractivity contribution in [2.24, 2.45) is 0 Å². The van der Waals surface area contributed by atoms with E-state index in [1.807, 2.05) is 12.1 Å². The third kappa shape index (κ3) is 2.67. The van der Waals surface area contributed by atoms with E-state index >= 15 is 0 Å².